The van der Waals surface area contributed by atoms with Gasteiger partial charge in [0.15, 0.2) is 0 Å². The van der Waals surface area contributed by atoms with Crippen molar-refractivity contribution in [2.24, 2.45) is 0 Å². The number of pyridine rings is 1. The number of rotatable bonds is 4. The highest BCUT2D eigenvalue weighted by molar-refractivity contribution is 6.02. The first kappa shape index (κ1) is 20.2. The van der Waals surface area contributed by atoms with Crippen molar-refractivity contribution in [2.45, 2.75) is 0 Å². The topological polar surface area (TPSA) is 106 Å². The van der Waals surface area contributed by atoms with Gasteiger partial charge in [-0.1, -0.05) is 47.6 Å². The molecule has 7 nitrogen and oxygen atoms in total. The minimum atomic E-state index is -0.435. The van der Waals surface area contributed by atoms with Crippen LogP contribution in [0, 0.1) is 5.82 Å². The van der Waals surface area contributed by atoms with Crippen LogP contribution in [-0.4, -0.2) is 16.2 Å². The Morgan fingerprint density at radius 1 is 0.848 bits per heavy atom. The summed E-state index contributed by atoms with van der Waals surface area (Å²) in [4.78, 5) is 16.8. The van der Waals surface area contributed by atoms with Gasteiger partial charge in [0.1, 0.15) is 5.82 Å². The number of hydrogen-bond acceptors (Lipinski definition) is 5. The summed E-state index contributed by atoms with van der Waals surface area (Å²) in [5.41, 5.74) is 10.9. The van der Waals surface area contributed by atoms with E-state index < -0.39 is 6.03 Å². The maximum absolute atomic E-state index is 13.0. The van der Waals surface area contributed by atoms with Gasteiger partial charge in [-0.15, -0.1) is 0 Å². The van der Waals surface area contributed by atoms with Gasteiger partial charge in [-0.25, -0.2) is 14.2 Å². The summed E-state index contributed by atoms with van der Waals surface area (Å²) < 4.78 is 18.2. The van der Waals surface area contributed by atoms with Crippen LogP contribution in [0.5, 0.6) is 0 Å². The third-order valence-corrected chi connectivity index (χ3v) is 5.10. The van der Waals surface area contributed by atoms with Crippen LogP contribution in [0.3, 0.4) is 0 Å². The molecule has 3 aromatic carbocycles. The summed E-state index contributed by atoms with van der Waals surface area (Å²) >= 11 is 0. The zero-order chi connectivity index (χ0) is 22.8. The first-order valence-electron chi connectivity index (χ1n) is 10.1. The maximum Gasteiger partial charge on any atom is 0.323 e. The van der Waals surface area contributed by atoms with E-state index in [9.17, 15) is 9.18 Å². The highest BCUT2D eigenvalue weighted by Crippen LogP contribution is 2.35. The van der Waals surface area contributed by atoms with Gasteiger partial charge in [0.2, 0.25) is 11.5 Å². The summed E-state index contributed by atoms with van der Waals surface area (Å²) in [6.07, 6.45) is 0. The summed E-state index contributed by atoms with van der Waals surface area (Å²) in [7, 11) is 0. The van der Waals surface area contributed by atoms with E-state index in [2.05, 4.69) is 20.8 Å². The summed E-state index contributed by atoms with van der Waals surface area (Å²) in [6.45, 7) is 0. The standard InChI is InChI=1S/C25H18FN5O2/c26-17-8-12-19(13-9-17)29-25(32)28-18-10-6-15(7-11-18)20-14-21(16-4-2-1-3-5-16)30-24-22(20)23(27)33-31-24/h1-14H,27H2,(H2,28,29,32). The zero-order valence-corrected chi connectivity index (χ0v) is 17.2. The highest BCUT2D eigenvalue weighted by Gasteiger charge is 2.16. The monoisotopic (exact) mass is 439 g/mol. The summed E-state index contributed by atoms with van der Waals surface area (Å²) in [5, 5.41) is 10.0. The van der Waals surface area contributed by atoms with Crippen LogP contribution < -0.4 is 16.4 Å². The predicted octanol–water partition coefficient (Wildman–Crippen LogP) is 5.92. The fourth-order valence-corrected chi connectivity index (χ4v) is 3.52. The number of fused-ring (bicyclic) bond motifs is 1. The molecule has 33 heavy (non-hydrogen) atoms. The quantitative estimate of drug-likeness (QED) is 0.322. The van der Waals surface area contributed by atoms with Crippen LogP contribution >= 0.6 is 0 Å². The third kappa shape index (κ3) is 4.22. The molecule has 0 radical (unpaired) electrons. The Bertz CT molecular complexity index is 1430. The summed E-state index contributed by atoms with van der Waals surface area (Å²) in [6, 6.07) is 24.1. The van der Waals surface area contributed by atoms with Gasteiger partial charge in [0.25, 0.3) is 0 Å². The molecule has 162 valence electrons. The van der Waals surface area contributed by atoms with E-state index in [-0.39, 0.29) is 11.7 Å². The van der Waals surface area contributed by atoms with Crippen LogP contribution in [0.4, 0.5) is 26.4 Å². The number of benzene rings is 3. The number of anilines is 3. The molecule has 5 rings (SSSR count). The van der Waals surface area contributed by atoms with Crippen LogP contribution in [0.25, 0.3) is 33.4 Å². The Kier molecular flexibility index (Phi) is 5.16. The van der Waals surface area contributed by atoms with E-state index in [0.717, 1.165) is 22.4 Å². The number of hydrogen-bond donors (Lipinski definition) is 3. The minimum absolute atomic E-state index is 0.188. The molecule has 2 amide bonds. The van der Waals surface area contributed by atoms with E-state index in [1.807, 2.05) is 48.5 Å². The third-order valence-electron chi connectivity index (χ3n) is 5.10. The fraction of sp³-hybridized carbons (Fsp3) is 0. The Hall–Kier alpha value is -4.72. The molecule has 5 aromatic rings. The molecule has 0 bridgehead atoms. The first-order chi connectivity index (χ1) is 16.1. The van der Waals surface area contributed by atoms with Gasteiger partial charge in [0.05, 0.1) is 11.1 Å². The van der Waals surface area contributed by atoms with Crippen molar-refractivity contribution in [1.29, 1.82) is 0 Å². The van der Waals surface area contributed by atoms with Gasteiger partial charge in [-0.2, -0.15) is 0 Å². The Balaban J connectivity index is 1.42. The Labute approximate surface area is 188 Å². The second-order valence-electron chi connectivity index (χ2n) is 7.33. The van der Waals surface area contributed by atoms with Gasteiger partial charge in [-0.05, 0) is 48.0 Å². The molecule has 4 N–H and O–H groups in total. The lowest BCUT2D eigenvalue weighted by molar-refractivity contribution is 0.262. The van der Waals surface area contributed by atoms with Crippen molar-refractivity contribution in [1.82, 2.24) is 10.1 Å². The SMILES string of the molecule is Nc1onc2nc(-c3ccccc3)cc(-c3ccc(NC(=O)Nc4ccc(F)cc4)cc3)c12. The first-order valence-corrected chi connectivity index (χ1v) is 10.1. The number of aromatic nitrogens is 2. The molecule has 2 heterocycles. The number of nitrogens with one attached hydrogen (secondary N) is 2. The van der Waals surface area contributed by atoms with Gasteiger partial charge in [0, 0.05) is 22.5 Å². The van der Waals surface area contributed by atoms with Crippen molar-refractivity contribution >= 4 is 34.3 Å². The number of halogens is 1. The number of nitrogen functional groups attached to an aromatic ring is 1. The molecule has 2 aromatic heterocycles. The second-order valence-corrected chi connectivity index (χ2v) is 7.33. The van der Waals surface area contributed by atoms with Gasteiger partial charge >= 0.3 is 6.03 Å². The number of carbonyl (C=O) groups excluding carboxylic acids is 1. The lowest BCUT2D eigenvalue weighted by Gasteiger charge is -2.10. The van der Waals surface area contributed by atoms with Gasteiger partial charge < -0.3 is 20.9 Å². The molecule has 0 spiro atoms. The molecular weight excluding hydrogens is 421 g/mol. The molecule has 0 aliphatic rings. The Morgan fingerprint density at radius 3 is 2.15 bits per heavy atom. The Morgan fingerprint density at radius 2 is 1.48 bits per heavy atom. The van der Waals surface area contributed by atoms with Crippen LogP contribution in [-0.2, 0) is 0 Å². The molecule has 0 aliphatic carbocycles. The smallest absolute Gasteiger partial charge is 0.323 e. The molecule has 0 aliphatic heterocycles. The molecule has 8 heteroatoms. The predicted molar refractivity (Wildman–Crippen MR) is 126 cm³/mol. The normalized spacial score (nSPS) is 10.8. The van der Waals surface area contributed by atoms with E-state index in [1.54, 1.807) is 12.1 Å². The van der Waals surface area contributed by atoms with E-state index in [4.69, 9.17) is 10.3 Å². The number of nitrogens with zero attached hydrogens (tertiary/aromatic N) is 2. The van der Waals surface area contributed by atoms with Gasteiger partial charge in [-0.3, -0.25) is 0 Å². The number of nitrogens with two attached hydrogens (primary N) is 1. The lowest BCUT2D eigenvalue weighted by Crippen LogP contribution is -2.19. The van der Waals surface area contributed by atoms with Crippen molar-refractivity contribution in [3.05, 3.63) is 90.7 Å². The average Bonchev–Trinajstić information content (AvgIpc) is 3.22. The fourth-order valence-electron chi connectivity index (χ4n) is 3.52. The molecule has 0 atom stereocenters. The maximum atomic E-state index is 13.0. The van der Waals surface area contributed by atoms with Crippen LogP contribution in [0.15, 0.2) is 89.5 Å². The highest BCUT2D eigenvalue weighted by atomic mass is 19.1. The van der Waals surface area contributed by atoms with Crippen LogP contribution in [0.2, 0.25) is 0 Å². The number of carbonyl (C=O) groups is 1. The van der Waals surface area contributed by atoms with Crippen molar-refractivity contribution in [3.8, 4) is 22.4 Å². The number of urea groups is 1. The molecule has 0 fully saturated rings. The van der Waals surface area contributed by atoms with E-state index in [1.165, 1.54) is 24.3 Å². The number of amides is 2. The summed E-state index contributed by atoms with van der Waals surface area (Å²) in [5.74, 6) is -0.182. The lowest BCUT2D eigenvalue weighted by atomic mass is 10.00. The second kappa shape index (κ2) is 8.43. The van der Waals surface area contributed by atoms with E-state index >= 15 is 0 Å². The minimum Gasteiger partial charge on any atom is -0.367 e. The van der Waals surface area contributed by atoms with Crippen molar-refractivity contribution in [2.75, 3.05) is 16.4 Å². The molecule has 0 saturated heterocycles. The zero-order valence-electron chi connectivity index (χ0n) is 17.2. The molecule has 0 unspecified atom stereocenters. The largest absolute Gasteiger partial charge is 0.367 e. The van der Waals surface area contributed by atoms with Crippen molar-refractivity contribution in [3.63, 3.8) is 0 Å². The van der Waals surface area contributed by atoms with Crippen LogP contribution in [0.1, 0.15) is 0 Å². The average molecular weight is 439 g/mol. The van der Waals surface area contributed by atoms with Crippen molar-refractivity contribution < 1.29 is 13.7 Å². The molecule has 0 saturated carbocycles. The van der Waals surface area contributed by atoms with E-state index in [0.29, 0.717) is 22.4 Å². The molecular formula is C25H18FN5O2.